The minimum absolute atomic E-state index is 0.0243. The van der Waals surface area contributed by atoms with E-state index >= 15 is 0 Å². The normalized spacial score (nSPS) is 21.3. The van der Waals surface area contributed by atoms with Crippen molar-refractivity contribution in [3.63, 3.8) is 0 Å². The summed E-state index contributed by atoms with van der Waals surface area (Å²) in [7, 11) is 1.78. The van der Waals surface area contributed by atoms with E-state index in [1.807, 2.05) is 0 Å². The summed E-state index contributed by atoms with van der Waals surface area (Å²) >= 11 is 5.50. The fraction of sp³-hybridized carbons (Fsp3) is 0.800. The molecule has 0 N–H and O–H groups in total. The van der Waals surface area contributed by atoms with E-state index in [2.05, 4.69) is 0 Å². The molecule has 0 aliphatic carbocycles. The first-order valence-electron chi connectivity index (χ1n) is 5.13. The predicted octanol–water partition coefficient (Wildman–Crippen LogP) is 0.694. The Labute approximate surface area is 95.2 Å². The van der Waals surface area contributed by atoms with Gasteiger partial charge in [0.05, 0.1) is 0 Å². The van der Waals surface area contributed by atoms with Gasteiger partial charge in [0, 0.05) is 33.1 Å². The lowest BCUT2D eigenvalue weighted by atomic mass is 10.0. The van der Waals surface area contributed by atoms with Crippen molar-refractivity contribution < 1.29 is 9.59 Å². The molecule has 1 aliphatic heterocycles. The van der Waals surface area contributed by atoms with Crippen LogP contribution >= 0.6 is 11.6 Å². The second kappa shape index (κ2) is 5.35. The van der Waals surface area contributed by atoms with Gasteiger partial charge in [0.1, 0.15) is 5.88 Å². The summed E-state index contributed by atoms with van der Waals surface area (Å²) in [4.78, 5) is 26.0. The third-order valence-corrected chi connectivity index (χ3v) is 3.14. The van der Waals surface area contributed by atoms with Crippen molar-refractivity contribution in [2.45, 2.75) is 25.8 Å². The largest absolute Gasteiger partial charge is 0.341 e. The fourth-order valence-corrected chi connectivity index (χ4v) is 2.01. The number of likely N-dealkylation sites (N-methyl/N-ethyl adjacent to an activating group) is 1. The van der Waals surface area contributed by atoms with Crippen LogP contribution in [0.3, 0.4) is 0 Å². The van der Waals surface area contributed by atoms with Gasteiger partial charge >= 0.3 is 0 Å². The Bertz CT molecular complexity index is 258. The van der Waals surface area contributed by atoms with Crippen LogP contribution in [0.15, 0.2) is 0 Å². The maximum atomic E-state index is 11.4. The minimum Gasteiger partial charge on any atom is -0.341 e. The first kappa shape index (κ1) is 12.3. The number of piperidine rings is 1. The van der Waals surface area contributed by atoms with Gasteiger partial charge in [-0.25, -0.2) is 0 Å². The molecule has 0 saturated carbocycles. The predicted molar refractivity (Wildman–Crippen MR) is 58.8 cm³/mol. The van der Waals surface area contributed by atoms with Crippen molar-refractivity contribution >= 4 is 23.4 Å². The lowest BCUT2D eigenvalue weighted by Crippen LogP contribution is -2.50. The first-order valence-corrected chi connectivity index (χ1v) is 5.67. The molecule has 15 heavy (non-hydrogen) atoms. The van der Waals surface area contributed by atoms with Gasteiger partial charge in [-0.2, -0.15) is 0 Å². The Morgan fingerprint density at radius 1 is 1.53 bits per heavy atom. The molecule has 4 nitrogen and oxygen atoms in total. The molecule has 0 unspecified atom stereocenters. The van der Waals surface area contributed by atoms with Crippen molar-refractivity contribution in [1.29, 1.82) is 0 Å². The van der Waals surface area contributed by atoms with E-state index in [-0.39, 0.29) is 23.7 Å². The summed E-state index contributed by atoms with van der Waals surface area (Å²) in [5.74, 6) is 0.0229. The van der Waals surface area contributed by atoms with Crippen LogP contribution in [0.2, 0.25) is 0 Å². The molecule has 1 atom stereocenters. The van der Waals surface area contributed by atoms with E-state index in [4.69, 9.17) is 11.6 Å². The van der Waals surface area contributed by atoms with E-state index < -0.39 is 0 Å². The van der Waals surface area contributed by atoms with Crippen LogP contribution in [0.25, 0.3) is 0 Å². The van der Waals surface area contributed by atoms with Gasteiger partial charge in [-0.05, 0) is 12.8 Å². The number of halogens is 1. The van der Waals surface area contributed by atoms with Gasteiger partial charge in [-0.3, -0.25) is 9.59 Å². The molecule has 0 aromatic heterocycles. The molecule has 0 radical (unpaired) electrons. The fourth-order valence-electron chi connectivity index (χ4n) is 1.84. The lowest BCUT2D eigenvalue weighted by molar-refractivity contribution is -0.135. The van der Waals surface area contributed by atoms with Crippen molar-refractivity contribution in [2.24, 2.45) is 0 Å². The Kier molecular flexibility index (Phi) is 4.39. The molecule has 5 heteroatoms. The monoisotopic (exact) mass is 232 g/mol. The average molecular weight is 233 g/mol. The number of carbonyl (C=O) groups excluding carboxylic acids is 2. The van der Waals surface area contributed by atoms with Crippen LogP contribution in [-0.4, -0.2) is 53.7 Å². The van der Waals surface area contributed by atoms with E-state index in [0.29, 0.717) is 6.54 Å². The molecule has 1 saturated heterocycles. The smallest absolute Gasteiger partial charge is 0.237 e. The van der Waals surface area contributed by atoms with E-state index in [1.54, 1.807) is 23.8 Å². The lowest BCUT2D eigenvalue weighted by Gasteiger charge is -2.37. The third-order valence-electron chi connectivity index (χ3n) is 2.91. The first-order chi connectivity index (χ1) is 7.06. The average Bonchev–Trinajstić information content (AvgIpc) is 2.27. The Morgan fingerprint density at radius 2 is 2.20 bits per heavy atom. The second-order valence-corrected chi connectivity index (χ2v) is 4.17. The van der Waals surface area contributed by atoms with Crippen molar-refractivity contribution in [1.82, 2.24) is 9.80 Å². The molecular formula is C10H17ClN2O2. The van der Waals surface area contributed by atoms with Gasteiger partial charge in [-0.15, -0.1) is 11.6 Å². The third kappa shape index (κ3) is 3.09. The number of nitrogens with zero attached hydrogens (tertiary/aromatic N) is 2. The number of hydrogen-bond acceptors (Lipinski definition) is 2. The van der Waals surface area contributed by atoms with Crippen LogP contribution in [0.4, 0.5) is 0 Å². The zero-order valence-corrected chi connectivity index (χ0v) is 9.96. The standard InChI is InChI=1S/C10H17ClN2O2/c1-8(14)12(2)9-4-3-5-13(7-9)10(15)6-11/h9H,3-7H2,1-2H3/t9-/m1/s1. The molecule has 0 bridgehead atoms. The molecule has 1 aliphatic rings. The number of hydrogen-bond donors (Lipinski definition) is 0. The highest BCUT2D eigenvalue weighted by atomic mass is 35.5. The van der Waals surface area contributed by atoms with Crippen molar-refractivity contribution in [3.8, 4) is 0 Å². The van der Waals surface area contributed by atoms with Crippen LogP contribution in [0.5, 0.6) is 0 Å². The summed E-state index contributed by atoms with van der Waals surface area (Å²) in [6, 6.07) is 0.142. The van der Waals surface area contributed by atoms with Crippen molar-refractivity contribution in [2.75, 3.05) is 26.0 Å². The minimum atomic E-state index is -0.0432. The van der Waals surface area contributed by atoms with E-state index in [1.165, 1.54) is 0 Å². The number of rotatable bonds is 2. The van der Waals surface area contributed by atoms with Gasteiger partial charge < -0.3 is 9.80 Å². The molecule has 0 aromatic rings. The Morgan fingerprint density at radius 3 is 2.73 bits per heavy atom. The van der Waals surface area contributed by atoms with E-state index in [0.717, 1.165) is 19.4 Å². The zero-order chi connectivity index (χ0) is 11.4. The molecule has 1 heterocycles. The van der Waals surface area contributed by atoms with Gasteiger partial charge in [0.15, 0.2) is 0 Å². The number of likely N-dealkylation sites (tertiary alicyclic amines) is 1. The van der Waals surface area contributed by atoms with Crippen LogP contribution < -0.4 is 0 Å². The zero-order valence-electron chi connectivity index (χ0n) is 9.20. The summed E-state index contributed by atoms with van der Waals surface area (Å²) in [6.45, 7) is 2.91. The molecule has 0 spiro atoms. The topological polar surface area (TPSA) is 40.6 Å². The van der Waals surface area contributed by atoms with Gasteiger partial charge in [0.2, 0.25) is 11.8 Å². The maximum absolute atomic E-state index is 11.4. The highest BCUT2D eigenvalue weighted by Crippen LogP contribution is 2.15. The van der Waals surface area contributed by atoms with Crippen LogP contribution in [0, 0.1) is 0 Å². The maximum Gasteiger partial charge on any atom is 0.237 e. The molecule has 1 fully saturated rings. The van der Waals surface area contributed by atoms with Gasteiger partial charge in [0.25, 0.3) is 0 Å². The SMILES string of the molecule is CC(=O)N(C)[C@@H]1CCCN(C(=O)CCl)C1. The Balaban J connectivity index is 2.56. The molecule has 2 amide bonds. The van der Waals surface area contributed by atoms with Crippen molar-refractivity contribution in [3.05, 3.63) is 0 Å². The summed E-state index contributed by atoms with van der Waals surface area (Å²) < 4.78 is 0. The number of alkyl halides is 1. The second-order valence-electron chi connectivity index (χ2n) is 3.90. The highest BCUT2D eigenvalue weighted by Gasteiger charge is 2.26. The van der Waals surface area contributed by atoms with Crippen LogP contribution in [-0.2, 0) is 9.59 Å². The molecular weight excluding hydrogens is 216 g/mol. The number of amides is 2. The summed E-state index contributed by atoms with van der Waals surface area (Å²) in [5.41, 5.74) is 0. The number of carbonyl (C=O) groups is 2. The van der Waals surface area contributed by atoms with E-state index in [9.17, 15) is 9.59 Å². The molecule has 1 rings (SSSR count). The Hall–Kier alpha value is -0.770. The van der Waals surface area contributed by atoms with Gasteiger partial charge in [-0.1, -0.05) is 0 Å². The summed E-state index contributed by atoms with van der Waals surface area (Å²) in [5, 5.41) is 0. The molecule has 86 valence electrons. The summed E-state index contributed by atoms with van der Waals surface area (Å²) in [6.07, 6.45) is 1.90. The highest BCUT2D eigenvalue weighted by molar-refractivity contribution is 6.27. The molecule has 0 aromatic carbocycles. The quantitative estimate of drug-likeness (QED) is 0.658. The van der Waals surface area contributed by atoms with Crippen LogP contribution in [0.1, 0.15) is 19.8 Å².